The molecule has 0 aliphatic heterocycles. The molecule has 0 aliphatic carbocycles. The molecular formula is C17H21F2IN4O. The summed E-state index contributed by atoms with van der Waals surface area (Å²) in [6, 6.07) is 11.2. The zero-order valence-corrected chi connectivity index (χ0v) is 16.1. The quantitative estimate of drug-likeness (QED) is 0.373. The molecule has 2 aromatic rings. The van der Waals surface area contributed by atoms with Gasteiger partial charge in [0.15, 0.2) is 12.6 Å². The van der Waals surface area contributed by atoms with Crippen molar-refractivity contribution in [2.45, 2.75) is 26.3 Å². The molecule has 0 bridgehead atoms. The highest BCUT2D eigenvalue weighted by atomic mass is 127. The lowest BCUT2D eigenvalue weighted by Crippen LogP contribution is -2.22. The average Bonchev–Trinajstić information content (AvgIpc) is 2.59. The van der Waals surface area contributed by atoms with Crippen molar-refractivity contribution < 1.29 is 13.5 Å². The second-order valence-corrected chi connectivity index (χ2v) is 5.08. The standard InChI is InChI=1S/C17H20F2N4O.HI/c1-2-12-3-5-14(6-4-12)23-17(20)22-10-13-7-8-21-16(9-13)24-11-15(18)19;/h3-9,15H,2,10-11H2,1H3,(H3,20,22,23);1H. The number of nitrogens with zero attached hydrogens (tertiary/aromatic N) is 2. The number of aromatic nitrogens is 1. The summed E-state index contributed by atoms with van der Waals surface area (Å²) in [4.78, 5) is 8.09. The molecule has 1 aromatic heterocycles. The topological polar surface area (TPSA) is 72.5 Å². The number of guanidine groups is 1. The van der Waals surface area contributed by atoms with E-state index in [0.29, 0.717) is 6.54 Å². The molecule has 1 aromatic carbocycles. The number of alkyl halides is 2. The van der Waals surface area contributed by atoms with Gasteiger partial charge in [-0.2, -0.15) is 0 Å². The molecule has 0 unspecified atom stereocenters. The lowest BCUT2D eigenvalue weighted by atomic mass is 10.1. The maximum Gasteiger partial charge on any atom is 0.272 e. The van der Waals surface area contributed by atoms with Gasteiger partial charge in [-0.05, 0) is 35.7 Å². The van der Waals surface area contributed by atoms with Crippen LogP contribution in [0.5, 0.6) is 5.88 Å². The smallest absolute Gasteiger partial charge is 0.272 e. The lowest BCUT2D eigenvalue weighted by molar-refractivity contribution is 0.0795. The molecule has 0 aliphatic rings. The summed E-state index contributed by atoms with van der Waals surface area (Å²) in [5.74, 6) is 0.413. The maximum absolute atomic E-state index is 12.1. The Morgan fingerprint density at radius 3 is 2.60 bits per heavy atom. The first-order valence-corrected chi connectivity index (χ1v) is 7.58. The summed E-state index contributed by atoms with van der Waals surface area (Å²) in [6.07, 6.45) is -0.0759. The van der Waals surface area contributed by atoms with Crippen LogP contribution in [0.15, 0.2) is 47.6 Å². The Bertz CT molecular complexity index is 681. The van der Waals surface area contributed by atoms with Gasteiger partial charge in [-0.3, -0.25) is 0 Å². The SMILES string of the molecule is CCc1ccc(NC(N)=NCc2ccnc(OCC(F)F)c2)cc1.I. The summed E-state index contributed by atoms with van der Waals surface area (Å²) < 4.78 is 29.1. The monoisotopic (exact) mass is 462 g/mol. The van der Waals surface area contributed by atoms with E-state index in [1.54, 1.807) is 12.1 Å². The van der Waals surface area contributed by atoms with Gasteiger partial charge in [0.05, 0.1) is 6.54 Å². The van der Waals surface area contributed by atoms with E-state index in [1.807, 2.05) is 24.3 Å². The minimum Gasteiger partial charge on any atom is -0.472 e. The minimum absolute atomic E-state index is 0. The van der Waals surface area contributed by atoms with Crippen LogP contribution in [0.4, 0.5) is 14.5 Å². The van der Waals surface area contributed by atoms with Crippen molar-refractivity contribution in [2.24, 2.45) is 10.7 Å². The zero-order valence-electron chi connectivity index (χ0n) is 13.8. The third-order valence-corrected chi connectivity index (χ3v) is 3.22. The van der Waals surface area contributed by atoms with Crippen LogP contribution in [-0.4, -0.2) is 24.0 Å². The predicted octanol–water partition coefficient (Wildman–Crippen LogP) is 3.83. The highest BCUT2D eigenvalue weighted by molar-refractivity contribution is 14.0. The summed E-state index contributed by atoms with van der Waals surface area (Å²) in [7, 11) is 0. The number of nitrogens with one attached hydrogen (secondary N) is 1. The molecule has 0 saturated heterocycles. The van der Waals surface area contributed by atoms with Crippen molar-refractivity contribution in [3.8, 4) is 5.88 Å². The number of hydrogen-bond donors (Lipinski definition) is 2. The van der Waals surface area contributed by atoms with Gasteiger partial charge >= 0.3 is 0 Å². The van der Waals surface area contributed by atoms with Crippen LogP contribution in [0.3, 0.4) is 0 Å². The van der Waals surface area contributed by atoms with Crippen molar-refractivity contribution in [1.29, 1.82) is 0 Å². The Morgan fingerprint density at radius 2 is 1.96 bits per heavy atom. The van der Waals surface area contributed by atoms with Crippen molar-refractivity contribution in [1.82, 2.24) is 4.98 Å². The van der Waals surface area contributed by atoms with Gasteiger partial charge in [0.1, 0.15) is 0 Å². The van der Waals surface area contributed by atoms with Crippen LogP contribution in [0.25, 0.3) is 0 Å². The maximum atomic E-state index is 12.1. The van der Waals surface area contributed by atoms with Crippen molar-refractivity contribution in [3.63, 3.8) is 0 Å². The molecule has 0 amide bonds. The molecule has 1 heterocycles. The van der Waals surface area contributed by atoms with Crippen molar-refractivity contribution >= 4 is 35.6 Å². The number of nitrogens with two attached hydrogens (primary N) is 1. The van der Waals surface area contributed by atoms with E-state index >= 15 is 0 Å². The average molecular weight is 462 g/mol. The summed E-state index contributed by atoms with van der Waals surface area (Å²) in [6.45, 7) is 1.70. The number of aryl methyl sites for hydroxylation is 1. The molecule has 0 radical (unpaired) electrons. The molecule has 0 saturated carbocycles. The fourth-order valence-electron chi connectivity index (χ4n) is 1.96. The van der Waals surface area contributed by atoms with Gasteiger partial charge < -0.3 is 15.8 Å². The van der Waals surface area contributed by atoms with Crippen molar-refractivity contribution in [2.75, 3.05) is 11.9 Å². The molecule has 25 heavy (non-hydrogen) atoms. The third kappa shape index (κ3) is 7.63. The predicted molar refractivity (Wildman–Crippen MR) is 106 cm³/mol. The lowest BCUT2D eigenvalue weighted by Gasteiger charge is -2.07. The van der Waals surface area contributed by atoms with Gasteiger partial charge in [-0.25, -0.2) is 18.8 Å². The first-order chi connectivity index (χ1) is 11.6. The number of aliphatic imine (C=N–C) groups is 1. The Balaban J connectivity index is 0.00000312. The Labute approximate surface area is 162 Å². The number of hydrogen-bond acceptors (Lipinski definition) is 3. The van der Waals surface area contributed by atoms with Crippen LogP contribution < -0.4 is 15.8 Å². The summed E-state index contributed by atoms with van der Waals surface area (Å²) in [5, 5.41) is 3.00. The van der Waals surface area contributed by atoms with E-state index in [1.165, 1.54) is 11.8 Å². The number of rotatable bonds is 7. The molecule has 8 heteroatoms. The number of benzene rings is 1. The van der Waals surface area contributed by atoms with Crippen molar-refractivity contribution in [3.05, 3.63) is 53.7 Å². The van der Waals surface area contributed by atoms with E-state index in [2.05, 4.69) is 22.2 Å². The van der Waals surface area contributed by atoms with Gasteiger partial charge in [-0.15, -0.1) is 24.0 Å². The van der Waals surface area contributed by atoms with Gasteiger partial charge in [0.2, 0.25) is 5.88 Å². The molecule has 0 fully saturated rings. The molecule has 0 atom stereocenters. The number of pyridine rings is 1. The van der Waals surface area contributed by atoms with Crippen LogP contribution >= 0.6 is 24.0 Å². The zero-order chi connectivity index (χ0) is 17.4. The van der Waals surface area contributed by atoms with Crippen LogP contribution in [0.1, 0.15) is 18.1 Å². The van der Waals surface area contributed by atoms with Crippen LogP contribution in [0.2, 0.25) is 0 Å². The molecule has 136 valence electrons. The van der Waals surface area contributed by atoms with E-state index < -0.39 is 13.0 Å². The number of anilines is 1. The van der Waals surface area contributed by atoms with Crippen LogP contribution in [-0.2, 0) is 13.0 Å². The Hall–Kier alpha value is -1.97. The summed E-state index contributed by atoms with van der Waals surface area (Å²) in [5.41, 5.74) is 8.71. The minimum atomic E-state index is -2.53. The molecule has 2 rings (SSSR count). The normalized spacial score (nSPS) is 11.1. The van der Waals surface area contributed by atoms with Gasteiger partial charge in [-0.1, -0.05) is 19.1 Å². The first-order valence-electron chi connectivity index (χ1n) is 7.58. The highest BCUT2D eigenvalue weighted by Crippen LogP contribution is 2.12. The van der Waals surface area contributed by atoms with Crippen LogP contribution in [0, 0.1) is 0 Å². The molecule has 0 spiro atoms. The third-order valence-electron chi connectivity index (χ3n) is 3.22. The molecule has 5 nitrogen and oxygen atoms in total. The number of ether oxygens (including phenoxy) is 1. The molecular weight excluding hydrogens is 441 g/mol. The second kappa shape index (κ2) is 10.8. The largest absolute Gasteiger partial charge is 0.472 e. The summed E-state index contributed by atoms with van der Waals surface area (Å²) >= 11 is 0. The fourth-order valence-corrected chi connectivity index (χ4v) is 1.96. The number of halogens is 3. The first kappa shape index (κ1) is 21.1. The Morgan fingerprint density at radius 1 is 1.24 bits per heavy atom. The highest BCUT2D eigenvalue weighted by Gasteiger charge is 2.05. The molecule has 3 N–H and O–H groups in total. The van der Waals surface area contributed by atoms with Gasteiger partial charge in [0.25, 0.3) is 6.43 Å². The van der Waals surface area contributed by atoms with E-state index in [4.69, 9.17) is 10.5 Å². The van der Waals surface area contributed by atoms with Gasteiger partial charge in [0, 0.05) is 18.0 Å². The van der Waals surface area contributed by atoms with E-state index in [-0.39, 0.29) is 35.8 Å². The second-order valence-electron chi connectivity index (χ2n) is 5.08. The van der Waals surface area contributed by atoms with E-state index in [9.17, 15) is 8.78 Å². The Kier molecular flexibility index (Phi) is 9.11. The fraction of sp³-hybridized carbons (Fsp3) is 0.294. The van der Waals surface area contributed by atoms with E-state index in [0.717, 1.165) is 17.7 Å².